The highest BCUT2D eigenvalue weighted by atomic mass is 32.1. The van der Waals surface area contributed by atoms with Gasteiger partial charge in [-0.3, -0.25) is 0 Å². The topological polar surface area (TPSA) is 139 Å². The van der Waals surface area contributed by atoms with Crippen molar-refractivity contribution in [1.29, 1.82) is 0 Å². The molecule has 2 aromatic rings. The van der Waals surface area contributed by atoms with Crippen LogP contribution in [0.1, 0.15) is 0 Å². The monoisotopic (exact) mass is 331 g/mol. The molecule has 0 saturated carbocycles. The van der Waals surface area contributed by atoms with Crippen LogP contribution in [0.3, 0.4) is 0 Å². The van der Waals surface area contributed by atoms with Gasteiger partial charge >= 0.3 is 0 Å². The highest BCUT2D eigenvalue weighted by molar-refractivity contribution is 7.17. The first-order valence-corrected chi connectivity index (χ1v) is 7.50. The summed E-state index contributed by atoms with van der Waals surface area (Å²) in [6.07, 6.45) is -2.26. The number of likely N-dealkylation sites (N-methyl/N-ethyl adjacent to an activating group) is 1. The molecule has 0 fully saturated rings. The maximum atomic E-state index is 9.21. The molecule has 0 spiro atoms. The van der Waals surface area contributed by atoms with Crippen molar-refractivity contribution in [3.05, 3.63) is 24.0 Å². The third-order valence-electron chi connectivity index (χ3n) is 2.87. The van der Waals surface area contributed by atoms with E-state index in [0.717, 1.165) is 10.2 Å². The molecule has 0 bridgehead atoms. The number of rotatable bonds is 6. The molecule has 9 heteroatoms. The summed E-state index contributed by atoms with van der Waals surface area (Å²) in [5.41, 5.74) is 1.04. The van der Waals surface area contributed by atoms with E-state index in [9.17, 15) is 5.11 Å². The SMILES string of the molecule is CNCC(O)C(O)C(O)C(O)CO.c1ncc2sccc2n1. The van der Waals surface area contributed by atoms with Crippen molar-refractivity contribution in [2.45, 2.75) is 24.4 Å². The first kappa shape index (κ1) is 18.8. The average Bonchev–Trinajstić information content (AvgIpc) is 3.02. The van der Waals surface area contributed by atoms with Gasteiger partial charge in [-0.2, -0.15) is 0 Å². The van der Waals surface area contributed by atoms with E-state index < -0.39 is 31.0 Å². The fourth-order valence-corrected chi connectivity index (χ4v) is 2.31. The van der Waals surface area contributed by atoms with Crippen LogP contribution in [0.4, 0.5) is 0 Å². The minimum Gasteiger partial charge on any atom is -0.394 e. The Morgan fingerprint density at radius 3 is 2.45 bits per heavy atom. The number of hydrogen-bond acceptors (Lipinski definition) is 9. The lowest BCUT2D eigenvalue weighted by Gasteiger charge is -2.25. The van der Waals surface area contributed by atoms with Crippen molar-refractivity contribution in [1.82, 2.24) is 15.3 Å². The molecule has 0 radical (unpaired) electrons. The number of aliphatic hydroxyl groups excluding tert-OH is 5. The Labute approximate surface area is 131 Å². The molecule has 8 nitrogen and oxygen atoms in total. The van der Waals surface area contributed by atoms with Crippen LogP contribution in [-0.2, 0) is 0 Å². The minimum absolute atomic E-state index is 0.0936. The van der Waals surface area contributed by atoms with E-state index >= 15 is 0 Å². The fraction of sp³-hybridized carbons (Fsp3) is 0.538. The van der Waals surface area contributed by atoms with Crippen molar-refractivity contribution in [2.24, 2.45) is 0 Å². The predicted molar refractivity (Wildman–Crippen MR) is 82.5 cm³/mol. The van der Waals surface area contributed by atoms with Crippen LogP contribution in [0.25, 0.3) is 10.2 Å². The van der Waals surface area contributed by atoms with Gasteiger partial charge in [0.25, 0.3) is 0 Å². The van der Waals surface area contributed by atoms with Crippen LogP contribution in [0.2, 0.25) is 0 Å². The lowest BCUT2D eigenvalue weighted by atomic mass is 10.0. The fourth-order valence-electron chi connectivity index (χ4n) is 1.61. The summed E-state index contributed by atoms with van der Waals surface area (Å²) in [5, 5.41) is 49.5. The van der Waals surface area contributed by atoms with Crippen molar-refractivity contribution in [3.8, 4) is 0 Å². The molecule has 0 aliphatic carbocycles. The Balaban J connectivity index is 0.000000231. The molecule has 0 aliphatic heterocycles. The number of nitrogens with zero attached hydrogens (tertiary/aromatic N) is 2. The normalized spacial score (nSPS) is 16.5. The second-order valence-corrected chi connectivity index (χ2v) is 5.50. The molecule has 22 heavy (non-hydrogen) atoms. The summed E-state index contributed by atoms with van der Waals surface area (Å²) >= 11 is 1.66. The van der Waals surface area contributed by atoms with Crippen LogP contribution in [0.15, 0.2) is 24.0 Å². The lowest BCUT2D eigenvalue weighted by Crippen LogP contribution is -2.48. The van der Waals surface area contributed by atoms with Crippen molar-refractivity contribution in [3.63, 3.8) is 0 Å². The standard InChI is InChI=1S/C7H17NO5.C6H4N2S/c1-8-2-4(10)6(12)7(13)5(11)3-9;1-2-9-6-3-7-4-8-5(1)6/h4-13H,2-3H2,1H3;1-4H. The zero-order valence-corrected chi connectivity index (χ0v) is 12.9. The van der Waals surface area contributed by atoms with Gasteiger partial charge in [-0.1, -0.05) is 0 Å². The zero-order chi connectivity index (χ0) is 16.5. The molecule has 6 N–H and O–H groups in total. The molecule has 2 heterocycles. The number of hydrogen-bond donors (Lipinski definition) is 6. The summed E-state index contributed by atoms with van der Waals surface area (Å²) in [5.74, 6) is 0. The molecule has 2 rings (SSSR count). The number of aromatic nitrogens is 2. The van der Waals surface area contributed by atoms with E-state index in [1.165, 1.54) is 0 Å². The van der Waals surface area contributed by atoms with Crippen molar-refractivity contribution >= 4 is 21.6 Å². The van der Waals surface area contributed by atoms with E-state index in [4.69, 9.17) is 20.4 Å². The molecule has 0 amide bonds. The molecular formula is C13H21N3O5S. The highest BCUT2D eigenvalue weighted by Crippen LogP contribution is 2.15. The Morgan fingerprint density at radius 1 is 1.18 bits per heavy atom. The maximum absolute atomic E-state index is 9.21. The van der Waals surface area contributed by atoms with Gasteiger partial charge in [0.15, 0.2) is 0 Å². The Morgan fingerprint density at radius 2 is 1.86 bits per heavy atom. The first-order chi connectivity index (χ1) is 10.5. The van der Waals surface area contributed by atoms with E-state index in [0.29, 0.717) is 0 Å². The molecule has 124 valence electrons. The first-order valence-electron chi connectivity index (χ1n) is 6.62. The lowest BCUT2D eigenvalue weighted by molar-refractivity contribution is -0.113. The zero-order valence-electron chi connectivity index (χ0n) is 12.1. The smallest absolute Gasteiger partial charge is 0.116 e. The van der Waals surface area contributed by atoms with Gasteiger partial charge in [0, 0.05) is 12.7 Å². The molecule has 4 atom stereocenters. The Hall–Kier alpha value is -1.20. The average molecular weight is 331 g/mol. The molecule has 0 aromatic carbocycles. The van der Waals surface area contributed by atoms with Crippen molar-refractivity contribution < 1.29 is 25.5 Å². The van der Waals surface area contributed by atoms with Gasteiger partial charge < -0.3 is 30.8 Å². The van der Waals surface area contributed by atoms with Gasteiger partial charge in [0.05, 0.1) is 22.9 Å². The Bertz CT molecular complexity index is 511. The summed E-state index contributed by atoms with van der Waals surface area (Å²) in [6, 6.07) is 1.99. The summed E-state index contributed by atoms with van der Waals surface area (Å²) < 4.78 is 1.15. The predicted octanol–water partition coefficient (Wildman–Crippen LogP) is -1.67. The summed E-state index contributed by atoms with van der Waals surface area (Å²) in [6.45, 7) is -0.569. The van der Waals surface area contributed by atoms with E-state index in [1.807, 2.05) is 17.6 Å². The second-order valence-electron chi connectivity index (χ2n) is 4.55. The molecular weight excluding hydrogens is 310 g/mol. The molecule has 0 aliphatic rings. The van der Waals surface area contributed by atoms with Gasteiger partial charge in [0.1, 0.15) is 24.6 Å². The maximum Gasteiger partial charge on any atom is 0.116 e. The van der Waals surface area contributed by atoms with Crippen molar-refractivity contribution in [2.75, 3.05) is 20.2 Å². The minimum atomic E-state index is -1.55. The third-order valence-corrected chi connectivity index (χ3v) is 3.71. The summed E-state index contributed by atoms with van der Waals surface area (Å²) in [7, 11) is 1.57. The van der Waals surface area contributed by atoms with Gasteiger partial charge in [-0.25, -0.2) is 9.97 Å². The molecule has 0 saturated heterocycles. The number of fused-ring (bicyclic) bond motifs is 1. The van der Waals surface area contributed by atoms with Gasteiger partial charge in [0.2, 0.25) is 0 Å². The van der Waals surface area contributed by atoms with E-state index in [1.54, 1.807) is 24.7 Å². The third kappa shape index (κ3) is 5.54. The molecule has 4 unspecified atom stereocenters. The molecule has 2 aromatic heterocycles. The number of aliphatic hydroxyl groups is 5. The van der Waals surface area contributed by atoms with Crippen LogP contribution in [-0.4, -0.2) is 80.1 Å². The number of nitrogens with one attached hydrogen (secondary N) is 1. The summed E-state index contributed by atoms with van der Waals surface area (Å²) in [4.78, 5) is 7.92. The Kier molecular flexibility index (Phi) is 8.35. The highest BCUT2D eigenvalue weighted by Gasteiger charge is 2.29. The van der Waals surface area contributed by atoms with E-state index in [-0.39, 0.29) is 6.54 Å². The van der Waals surface area contributed by atoms with Gasteiger partial charge in [-0.05, 0) is 18.5 Å². The van der Waals surface area contributed by atoms with Crippen LogP contribution < -0.4 is 5.32 Å². The van der Waals surface area contributed by atoms with Crippen LogP contribution in [0, 0.1) is 0 Å². The second kappa shape index (κ2) is 9.74. The van der Waals surface area contributed by atoms with Crippen LogP contribution >= 0.6 is 11.3 Å². The van der Waals surface area contributed by atoms with E-state index in [2.05, 4.69) is 15.3 Å². The number of thiophene rings is 1. The van der Waals surface area contributed by atoms with Gasteiger partial charge in [-0.15, -0.1) is 11.3 Å². The largest absolute Gasteiger partial charge is 0.394 e. The quantitative estimate of drug-likeness (QED) is 0.369. The van der Waals surface area contributed by atoms with Crippen LogP contribution in [0.5, 0.6) is 0 Å².